The van der Waals surface area contributed by atoms with Gasteiger partial charge in [-0.1, -0.05) is 35.1 Å². The van der Waals surface area contributed by atoms with Gasteiger partial charge < -0.3 is 9.84 Å². The minimum absolute atomic E-state index is 0.207. The summed E-state index contributed by atoms with van der Waals surface area (Å²) in [5.41, 5.74) is 1.98. The third-order valence-corrected chi connectivity index (χ3v) is 5.72. The van der Waals surface area contributed by atoms with Crippen molar-refractivity contribution in [3.8, 4) is 5.69 Å². The molecule has 0 atom stereocenters. The molecule has 4 aromatic rings. The predicted octanol–water partition coefficient (Wildman–Crippen LogP) is 3.62. The maximum atomic E-state index is 12.9. The highest BCUT2D eigenvalue weighted by atomic mass is 32.2. The Balaban J connectivity index is 1.51. The van der Waals surface area contributed by atoms with Gasteiger partial charge in [0.05, 0.1) is 17.0 Å². The summed E-state index contributed by atoms with van der Waals surface area (Å²) >= 11 is 2.92. The molecular formula is C19H17N7O2S2. The van der Waals surface area contributed by atoms with Crippen molar-refractivity contribution in [2.75, 3.05) is 11.6 Å². The van der Waals surface area contributed by atoms with Crippen molar-refractivity contribution in [1.82, 2.24) is 30.3 Å². The average Bonchev–Trinajstić information content (AvgIpc) is 3.41. The lowest BCUT2D eigenvalue weighted by Crippen LogP contribution is -2.13. The lowest BCUT2D eigenvalue weighted by atomic mass is 10.2. The van der Waals surface area contributed by atoms with E-state index in [1.54, 1.807) is 17.7 Å². The highest BCUT2D eigenvalue weighted by Crippen LogP contribution is 2.27. The van der Waals surface area contributed by atoms with Gasteiger partial charge in [0, 0.05) is 17.5 Å². The van der Waals surface area contributed by atoms with Crippen molar-refractivity contribution in [2.45, 2.75) is 22.7 Å². The lowest BCUT2D eigenvalue weighted by molar-refractivity contribution is 0.102. The number of aryl methyl sites for hydroxylation is 1. The zero-order valence-electron chi connectivity index (χ0n) is 16.1. The molecule has 11 heteroatoms. The molecule has 1 amide bonds. The molecule has 0 fully saturated rings. The molecule has 152 valence electrons. The number of amides is 1. The van der Waals surface area contributed by atoms with E-state index in [2.05, 4.69) is 31.0 Å². The largest absolute Gasteiger partial charge is 0.340 e. The Morgan fingerprint density at radius 1 is 1.20 bits per heavy atom. The Bertz CT molecular complexity index is 1170. The number of nitrogens with one attached hydrogen (secondary N) is 1. The summed E-state index contributed by atoms with van der Waals surface area (Å²) < 4.78 is 6.62. The van der Waals surface area contributed by atoms with Gasteiger partial charge in [0.2, 0.25) is 11.0 Å². The molecule has 2 aromatic heterocycles. The number of tetrazole rings is 1. The summed E-state index contributed by atoms with van der Waals surface area (Å²) in [6, 6.07) is 14.8. The highest BCUT2D eigenvalue weighted by molar-refractivity contribution is 7.98. The average molecular weight is 440 g/mol. The normalized spacial score (nSPS) is 10.9. The molecule has 0 spiro atoms. The van der Waals surface area contributed by atoms with Crippen molar-refractivity contribution in [2.24, 2.45) is 0 Å². The van der Waals surface area contributed by atoms with Gasteiger partial charge in [0.15, 0.2) is 5.82 Å². The van der Waals surface area contributed by atoms with Crippen LogP contribution >= 0.6 is 23.5 Å². The summed E-state index contributed by atoms with van der Waals surface area (Å²) in [7, 11) is 0. The van der Waals surface area contributed by atoms with Crippen LogP contribution in [0.2, 0.25) is 0 Å². The number of rotatable bonds is 7. The van der Waals surface area contributed by atoms with E-state index in [0.29, 0.717) is 33.9 Å². The molecule has 0 saturated heterocycles. The van der Waals surface area contributed by atoms with Gasteiger partial charge in [0.1, 0.15) is 0 Å². The molecular weight excluding hydrogens is 422 g/mol. The van der Waals surface area contributed by atoms with Crippen LogP contribution in [-0.4, -0.2) is 42.5 Å². The maximum absolute atomic E-state index is 12.9. The SMILES string of the molecule is CSc1nnnn1-c1cccc(NC(=O)c2ccccc2SCc2noc(C)n2)c1. The second-order valence-corrected chi connectivity index (χ2v) is 7.89. The molecule has 9 nitrogen and oxygen atoms in total. The van der Waals surface area contributed by atoms with Crippen molar-refractivity contribution in [1.29, 1.82) is 0 Å². The Morgan fingerprint density at radius 2 is 2.07 bits per heavy atom. The third kappa shape index (κ3) is 4.52. The summed E-state index contributed by atoms with van der Waals surface area (Å²) in [5, 5.41) is 19.2. The van der Waals surface area contributed by atoms with E-state index in [4.69, 9.17) is 4.52 Å². The van der Waals surface area contributed by atoms with Gasteiger partial charge >= 0.3 is 0 Å². The van der Waals surface area contributed by atoms with Gasteiger partial charge in [-0.15, -0.1) is 16.9 Å². The van der Waals surface area contributed by atoms with Gasteiger partial charge in [-0.3, -0.25) is 4.79 Å². The van der Waals surface area contributed by atoms with Crippen LogP contribution in [0.25, 0.3) is 5.69 Å². The van der Waals surface area contributed by atoms with Crippen LogP contribution in [0, 0.1) is 6.92 Å². The second kappa shape index (κ2) is 9.09. The first-order valence-corrected chi connectivity index (χ1v) is 11.1. The zero-order valence-corrected chi connectivity index (χ0v) is 17.8. The zero-order chi connectivity index (χ0) is 20.9. The number of thioether (sulfide) groups is 2. The van der Waals surface area contributed by atoms with Gasteiger partial charge in [-0.25, -0.2) is 0 Å². The van der Waals surface area contributed by atoms with E-state index < -0.39 is 0 Å². The second-order valence-electron chi connectivity index (χ2n) is 6.10. The molecule has 0 saturated carbocycles. The molecule has 2 heterocycles. The quantitative estimate of drug-likeness (QED) is 0.431. The number of carbonyl (C=O) groups is 1. The third-order valence-electron chi connectivity index (χ3n) is 4.03. The molecule has 30 heavy (non-hydrogen) atoms. The van der Waals surface area contributed by atoms with E-state index in [-0.39, 0.29) is 5.91 Å². The van der Waals surface area contributed by atoms with Gasteiger partial charge in [-0.2, -0.15) is 9.67 Å². The fraction of sp³-hybridized carbons (Fsp3) is 0.158. The summed E-state index contributed by atoms with van der Waals surface area (Å²) in [5.74, 6) is 1.41. The first-order chi connectivity index (χ1) is 14.6. The van der Waals surface area contributed by atoms with Crippen molar-refractivity contribution in [3.05, 3.63) is 65.8 Å². The highest BCUT2D eigenvalue weighted by Gasteiger charge is 2.14. The molecule has 0 aliphatic heterocycles. The molecule has 0 aliphatic rings. The monoisotopic (exact) mass is 439 g/mol. The predicted molar refractivity (Wildman–Crippen MR) is 114 cm³/mol. The fourth-order valence-electron chi connectivity index (χ4n) is 2.70. The molecule has 0 unspecified atom stereocenters. The Labute approximate surface area is 180 Å². The number of aromatic nitrogens is 6. The minimum Gasteiger partial charge on any atom is -0.340 e. The van der Waals surface area contributed by atoms with E-state index >= 15 is 0 Å². The first kappa shape index (κ1) is 20.1. The molecule has 1 N–H and O–H groups in total. The van der Waals surface area contributed by atoms with Crippen LogP contribution in [0.5, 0.6) is 0 Å². The standard InChI is InChI=1S/C19H17N7O2S2/c1-12-20-17(23-28-12)11-30-16-9-4-3-8-15(16)18(27)21-13-6-5-7-14(10-13)26-19(29-2)22-24-25-26/h3-10H,11H2,1-2H3,(H,21,27). The van der Waals surface area contributed by atoms with Crippen LogP contribution in [-0.2, 0) is 5.75 Å². The van der Waals surface area contributed by atoms with E-state index in [1.807, 2.05) is 48.7 Å². The van der Waals surface area contributed by atoms with Crippen molar-refractivity contribution < 1.29 is 9.32 Å². The topological polar surface area (TPSA) is 112 Å². The van der Waals surface area contributed by atoms with Crippen LogP contribution in [0.1, 0.15) is 22.1 Å². The van der Waals surface area contributed by atoms with Crippen LogP contribution in [0.4, 0.5) is 5.69 Å². The summed E-state index contributed by atoms with van der Waals surface area (Å²) in [4.78, 5) is 18.0. The van der Waals surface area contributed by atoms with E-state index in [9.17, 15) is 4.79 Å². The van der Waals surface area contributed by atoms with Crippen molar-refractivity contribution in [3.63, 3.8) is 0 Å². The lowest BCUT2D eigenvalue weighted by Gasteiger charge is -2.10. The molecule has 0 aliphatic carbocycles. The number of hydrogen-bond acceptors (Lipinski definition) is 9. The molecule has 0 radical (unpaired) electrons. The number of anilines is 1. The Hall–Kier alpha value is -3.18. The van der Waals surface area contributed by atoms with Crippen LogP contribution < -0.4 is 5.32 Å². The van der Waals surface area contributed by atoms with Crippen LogP contribution in [0.3, 0.4) is 0 Å². The van der Waals surface area contributed by atoms with Crippen molar-refractivity contribution >= 4 is 35.1 Å². The molecule has 2 aromatic carbocycles. The minimum atomic E-state index is -0.207. The number of benzene rings is 2. The van der Waals surface area contributed by atoms with Gasteiger partial charge in [0.25, 0.3) is 5.91 Å². The van der Waals surface area contributed by atoms with Gasteiger partial charge in [-0.05, 0) is 47.0 Å². The Morgan fingerprint density at radius 3 is 2.87 bits per heavy atom. The van der Waals surface area contributed by atoms with Crippen LogP contribution in [0.15, 0.2) is 63.1 Å². The number of hydrogen-bond donors (Lipinski definition) is 1. The smallest absolute Gasteiger partial charge is 0.256 e. The fourth-order valence-corrected chi connectivity index (χ4v) is 4.03. The molecule has 4 rings (SSSR count). The molecule has 0 bridgehead atoms. The van der Waals surface area contributed by atoms with E-state index in [0.717, 1.165) is 10.6 Å². The summed E-state index contributed by atoms with van der Waals surface area (Å²) in [6.45, 7) is 1.74. The summed E-state index contributed by atoms with van der Waals surface area (Å²) in [6.07, 6.45) is 1.90. The Kier molecular flexibility index (Phi) is 6.10. The maximum Gasteiger partial charge on any atom is 0.256 e. The number of nitrogens with zero attached hydrogens (tertiary/aromatic N) is 6. The number of carbonyl (C=O) groups excluding carboxylic acids is 1. The van der Waals surface area contributed by atoms with E-state index in [1.165, 1.54) is 23.5 Å². The first-order valence-electron chi connectivity index (χ1n) is 8.89.